The molecule has 0 saturated heterocycles. The third-order valence-electron chi connectivity index (χ3n) is 6.41. The summed E-state index contributed by atoms with van der Waals surface area (Å²) in [4.78, 5) is 13.1. The average molecular weight is 356 g/mol. The number of carbonyl (C=O) groups excluding carboxylic acids is 1. The van der Waals surface area contributed by atoms with Crippen molar-refractivity contribution in [1.29, 1.82) is 0 Å². The van der Waals surface area contributed by atoms with E-state index in [1.54, 1.807) is 0 Å². The molecular weight excluding hydrogens is 332 g/mol. The van der Waals surface area contributed by atoms with E-state index in [9.17, 15) is 4.79 Å². The predicted molar refractivity (Wildman–Crippen MR) is 107 cm³/mol. The van der Waals surface area contributed by atoms with Gasteiger partial charge in [0.05, 0.1) is 5.92 Å². The number of hydrogen-bond acceptors (Lipinski definition) is 2. The second kappa shape index (κ2) is 6.23. The van der Waals surface area contributed by atoms with Crippen LogP contribution in [-0.2, 0) is 9.53 Å². The molecule has 0 radical (unpaired) electrons. The summed E-state index contributed by atoms with van der Waals surface area (Å²) in [6, 6.07) is 18.7. The van der Waals surface area contributed by atoms with Crippen molar-refractivity contribution in [2.75, 3.05) is 0 Å². The Bertz CT molecular complexity index is 934. The van der Waals surface area contributed by atoms with E-state index in [-0.39, 0.29) is 17.8 Å². The average Bonchev–Trinajstić information content (AvgIpc) is 3.30. The molecule has 2 heteroatoms. The van der Waals surface area contributed by atoms with Crippen LogP contribution in [0.1, 0.15) is 48.8 Å². The van der Waals surface area contributed by atoms with Crippen LogP contribution in [0, 0.1) is 17.8 Å². The molecule has 1 fully saturated rings. The first-order valence-corrected chi connectivity index (χ1v) is 9.93. The fourth-order valence-electron chi connectivity index (χ4n) is 5.06. The molecule has 0 amide bonds. The highest BCUT2D eigenvalue weighted by Gasteiger charge is 2.52. The van der Waals surface area contributed by atoms with Gasteiger partial charge in [-0.1, -0.05) is 80.6 Å². The van der Waals surface area contributed by atoms with Crippen molar-refractivity contribution >= 4 is 11.7 Å². The standard InChI is InChI=1S/C25H24O2/c1-15(2)16-8-10-17(11-9-16)23-21-19-12-13-20(14-19)22(21)24(27-25(23)26)18-6-4-3-5-7-18/h3-13,15,19-21,23H,14H2,1-2H3/t19-,20+,21+,23+/m0/s1. The lowest BCUT2D eigenvalue weighted by atomic mass is 9.73. The number of allylic oxidation sites excluding steroid dienone is 3. The van der Waals surface area contributed by atoms with Crippen molar-refractivity contribution in [3.63, 3.8) is 0 Å². The number of esters is 1. The highest BCUT2D eigenvalue weighted by Crippen LogP contribution is 2.58. The number of fused-ring (bicyclic) bond motifs is 5. The van der Waals surface area contributed by atoms with Gasteiger partial charge in [-0.3, -0.25) is 4.79 Å². The third kappa shape index (κ3) is 2.58. The van der Waals surface area contributed by atoms with E-state index in [0.29, 0.717) is 17.8 Å². The summed E-state index contributed by atoms with van der Waals surface area (Å²) in [6.07, 6.45) is 5.72. The molecule has 27 heavy (non-hydrogen) atoms. The Balaban J connectivity index is 1.61. The van der Waals surface area contributed by atoms with Crippen LogP contribution in [0.3, 0.4) is 0 Å². The van der Waals surface area contributed by atoms with Crippen LogP contribution < -0.4 is 0 Å². The Morgan fingerprint density at radius 2 is 1.70 bits per heavy atom. The largest absolute Gasteiger partial charge is 0.425 e. The molecule has 0 unspecified atom stereocenters. The summed E-state index contributed by atoms with van der Waals surface area (Å²) in [5, 5.41) is 0. The smallest absolute Gasteiger partial charge is 0.319 e. The van der Waals surface area contributed by atoms with Crippen LogP contribution in [-0.4, -0.2) is 5.97 Å². The maximum absolute atomic E-state index is 13.1. The van der Waals surface area contributed by atoms with E-state index in [2.05, 4.69) is 50.3 Å². The predicted octanol–water partition coefficient (Wildman–Crippen LogP) is 5.68. The first-order valence-electron chi connectivity index (χ1n) is 9.93. The topological polar surface area (TPSA) is 26.3 Å². The molecule has 136 valence electrons. The Labute approximate surface area is 160 Å². The second-order valence-electron chi connectivity index (χ2n) is 8.29. The van der Waals surface area contributed by atoms with Gasteiger partial charge in [0.2, 0.25) is 0 Å². The van der Waals surface area contributed by atoms with Crippen LogP contribution in [0.25, 0.3) is 5.76 Å². The number of benzene rings is 2. The minimum atomic E-state index is -0.200. The molecule has 1 heterocycles. The Kier molecular flexibility index (Phi) is 3.82. The van der Waals surface area contributed by atoms with Crippen LogP contribution in [0.15, 0.2) is 72.3 Å². The van der Waals surface area contributed by atoms with Gasteiger partial charge in [0.15, 0.2) is 0 Å². The van der Waals surface area contributed by atoms with Gasteiger partial charge < -0.3 is 4.74 Å². The molecule has 1 aliphatic heterocycles. The lowest BCUT2D eigenvalue weighted by molar-refractivity contribution is -0.141. The highest BCUT2D eigenvalue weighted by molar-refractivity contribution is 5.89. The fourth-order valence-corrected chi connectivity index (χ4v) is 5.06. The molecule has 1 saturated carbocycles. The molecular formula is C25H24O2. The molecule has 0 spiro atoms. The van der Waals surface area contributed by atoms with Crippen LogP contribution in [0.2, 0.25) is 0 Å². The maximum Gasteiger partial charge on any atom is 0.319 e. The van der Waals surface area contributed by atoms with E-state index in [1.165, 1.54) is 11.1 Å². The number of cyclic esters (lactones) is 1. The zero-order valence-electron chi connectivity index (χ0n) is 15.8. The van der Waals surface area contributed by atoms with Gasteiger partial charge in [0.1, 0.15) is 5.76 Å². The van der Waals surface area contributed by atoms with E-state index in [1.807, 2.05) is 30.3 Å². The molecule has 2 aromatic carbocycles. The van der Waals surface area contributed by atoms with Crippen molar-refractivity contribution in [2.45, 2.75) is 32.1 Å². The van der Waals surface area contributed by atoms with E-state index >= 15 is 0 Å². The van der Waals surface area contributed by atoms with Crippen molar-refractivity contribution < 1.29 is 9.53 Å². The first kappa shape index (κ1) is 16.6. The van der Waals surface area contributed by atoms with Gasteiger partial charge in [-0.15, -0.1) is 0 Å². The van der Waals surface area contributed by atoms with Crippen LogP contribution in [0.5, 0.6) is 0 Å². The minimum absolute atomic E-state index is 0.110. The maximum atomic E-state index is 13.1. The summed E-state index contributed by atoms with van der Waals surface area (Å²) in [6.45, 7) is 4.38. The summed E-state index contributed by atoms with van der Waals surface area (Å²) < 4.78 is 5.99. The summed E-state index contributed by atoms with van der Waals surface area (Å²) >= 11 is 0. The summed E-state index contributed by atoms with van der Waals surface area (Å²) in [7, 11) is 0. The van der Waals surface area contributed by atoms with Gasteiger partial charge in [-0.2, -0.15) is 0 Å². The van der Waals surface area contributed by atoms with E-state index < -0.39 is 0 Å². The number of carbonyl (C=O) groups is 1. The van der Waals surface area contributed by atoms with Gasteiger partial charge in [-0.25, -0.2) is 0 Å². The van der Waals surface area contributed by atoms with Gasteiger partial charge >= 0.3 is 5.97 Å². The molecule has 0 aromatic heterocycles. The summed E-state index contributed by atoms with van der Waals surface area (Å²) in [5.41, 5.74) is 4.73. The van der Waals surface area contributed by atoms with Crippen molar-refractivity contribution in [3.05, 3.63) is 89.0 Å². The molecule has 2 nitrogen and oxygen atoms in total. The number of ether oxygens (including phenoxy) is 1. The minimum Gasteiger partial charge on any atom is -0.425 e. The summed E-state index contributed by atoms with van der Waals surface area (Å²) in [5.74, 6) is 2.04. The fraction of sp³-hybridized carbons (Fsp3) is 0.320. The quantitative estimate of drug-likeness (QED) is 0.522. The van der Waals surface area contributed by atoms with E-state index in [4.69, 9.17) is 4.74 Å². The lowest BCUT2D eigenvalue weighted by Gasteiger charge is -2.35. The number of hydrogen-bond donors (Lipinski definition) is 0. The van der Waals surface area contributed by atoms with Crippen LogP contribution >= 0.6 is 0 Å². The molecule has 2 aliphatic carbocycles. The molecule has 2 bridgehead atoms. The SMILES string of the molecule is CC(C)c1ccc([C@H]2C(=O)OC(c3ccccc3)=C3[C@H]2[C@H]2C=C[C@@H]3C2)cc1. The molecule has 4 atom stereocenters. The van der Waals surface area contributed by atoms with Crippen molar-refractivity contribution in [3.8, 4) is 0 Å². The Morgan fingerprint density at radius 1 is 0.963 bits per heavy atom. The zero-order valence-corrected chi connectivity index (χ0v) is 15.8. The Hall–Kier alpha value is -2.61. The van der Waals surface area contributed by atoms with Gasteiger partial charge in [0.25, 0.3) is 0 Å². The number of rotatable bonds is 3. The monoisotopic (exact) mass is 356 g/mol. The van der Waals surface area contributed by atoms with Crippen molar-refractivity contribution in [2.24, 2.45) is 17.8 Å². The van der Waals surface area contributed by atoms with Gasteiger partial charge in [-0.05, 0) is 35.0 Å². The zero-order chi connectivity index (χ0) is 18.5. The van der Waals surface area contributed by atoms with E-state index in [0.717, 1.165) is 23.3 Å². The molecule has 0 N–H and O–H groups in total. The van der Waals surface area contributed by atoms with Crippen molar-refractivity contribution in [1.82, 2.24) is 0 Å². The Morgan fingerprint density at radius 3 is 2.41 bits per heavy atom. The van der Waals surface area contributed by atoms with Crippen LogP contribution in [0.4, 0.5) is 0 Å². The molecule has 2 aromatic rings. The lowest BCUT2D eigenvalue weighted by Crippen LogP contribution is -2.32. The molecule has 5 rings (SSSR count). The highest BCUT2D eigenvalue weighted by atomic mass is 16.5. The third-order valence-corrected chi connectivity index (χ3v) is 6.41. The first-order chi connectivity index (χ1) is 13.1. The normalized spacial score (nSPS) is 28.6. The second-order valence-corrected chi connectivity index (χ2v) is 8.29. The van der Waals surface area contributed by atoms with Gasteiger partial charge in [0, 0.05) is 17.4 Å². The molecule has 3 aliphatic rings.